The molecule has 4 saturated carbocycles. The van der Waals surface area contributed by atoms with Crippen molar-refractivity contribution in [1.29, 1.82) is 0 Å². The van der Waals surface area contributed by atoms with Gasteiger partial charge in [-0.3, -0.25) is 4.79 Å². The van der Waals surface area contributed by atoms with Crippen molar-refractivity contribution in [3.05, 3.63) is 47.5 Å². The molecule has 0 heterocycles. The molecule has 0 radical (unpaired) electrons. The third kappa shape index (κ3) is 3.74. The fraction of sp³-hybridized carbons (Fsp3) is 0.757. The van der Waals surface area contributed by atoms with E-state index >= 15 is 0 Å². The van der Waals surface area contributed by atoms with Crippen LogP contribution in [0.4, 0.5) is 0 Å². The minimum atomic E-state index is -0.396. The van der Waals surface area contributed by atoms with Gasteiger partial charge in [-0.2, -0.15) is 0 Å². The number of hydrogen-bond donors (Lipinski definition) is 1. The zero-order valence-corrected chi connectivity index (χ0v) is 26.3. The molecule has 3 heteroatoms. The van der Waals surface area contributed by atoms with E-state index in [0.717, 1.165) is 50.5 Å². The maximum absolute atomic E-state index is 14.2. The summed E-state index contributed by atoms with van der Waals surface area (Å²) in [4.78, 5) is 14.2. The number of carbonyl (C=O) groups is 1. The van der Waals surface area contributed by atoms with Crippen molar-refractivity contribution >= 4 is 5.97 Å². The third-order valence-corrected chi connectivity index (χ3v) is 14.6. The summed E-state index contributed by atoms with van der Waals surface area (Å²) >= 11 is 0. The van der Waals surface area contributed by atoms with E-state index in [4.69, 9.17) is 4.74 Å². The molecule has 0 aliphatic heterocycles. The van der Waals surface area contributed by atoms with Gasteiger partial charge < -0.3 is 9.84 Å². The Bertz CT molecular complexity index is 1170. The summed E-state index contributed by atoms with van der Waals surface area (Å²) < 4.78 is 6.19. The highest BCUT2D eigenvalue weighted by Crippen LogP contribution is 2.75. The number of ether oxygens (including phenoxy) is 1. The normalized spacial score (nSPS) is 47.5. The SMILES string of the molecule is C[C@H]1[C@H](C)CC[C@]2(C(=O)OCc3ccccc3)CC[C@]3(C)C(=CC[C@@H]4[C@@]5(C)CC[C@@H](O)C(C)(C)[C@@H]5CC[C@]43C)[C@H]12. The average molecular weight is 547 g/mol. The molecule has 0 saturated heterocycles. The lowest BCUT2D eigenvalue weighted by Gasteiger charge is -2.71. The summed E-state index contributed by atoms with van der Waals surface area (Å²) in [6.45, 7) is 17.7. The van der Waals surface area contributed by atoms with E-state index in [-0.39, 0.29) is 39.7 Å². The summed E-state index contributed by atoms with van der Waals surface area (Å²) in [5, 5.41) is 11.0. The Hall–Kier alpha value is -1.61. The number of aliphatic hydroxyl groups is 1. The van der Waals surface area contributed by atoms with Crippen LogP contribution in [0.1, 0.15) is 112 Å². The number of allylic oxidation sites excluding steroid dienone is 2. The first-order chi connectivity index (χ1) is 18.8. The topological polar surface area (TPSA) is 46.5 Å². The van der Waals surface area contributed by atoms with Crippen LogP contribution in [0.5, 0.6) is 0 Å². The highest BCUT2D eigenvalue weighted by atomic mass is 16.5. The lowest BCUT2D eigenvalue weighted by atomic mass is 9.33. The van der Waals surface area contributed by atoms with Crippen molar-refractivity contribution in [2.24, 2.45) is 56.7 Å². The number of aliphatic hydroxyl groups excluding tert-OH is 1. The average Bonchev–Trinajstić information content (AvgIpc) is 2.92. The molecule has 1 aromatic rings. The summed E-state index contributed by atoms with van der Waals surface area (Å²) in [6, 6.07) is 10.2. The van der Waals surface area contributed by atoms with E-state index in [0.29, 0.717) is 30.3 Å². The zero-order chi connectivity index (χ0) is 28.7. The minimum absolute atomic E-state index is 0.0310. The lowest BCUT2D eigenvalue weighted by molar-refractivity contribution is -0.207. The molecule has 0 aromatic heterocycles. The predicted molar refractivity (Wildman–Crippen MR) is 161 cm³/mol. The molecule has 10 atom stereocenters. The molecule has 220 valence electrons. The Morgan fingerprint density at radius 3 is 2.35 bits per heavy atom. The Morgan fingerprint density at radius 2 is 1.62 bits per heavy atom. The van der Waals surface area contributed by atoms with Crippen LogP contribution in [-0.4, -0.2) is 17.2 Å². The van der Waals surface area contributed by atoms with Crippen molar-refractivity contribution < 1.29 is 14.6 Å². The highest BCUT2D eigenvalue weighted by molar-refractivity contribution is 5.79. The van der Waals surface area contributed by atoms with Gasteiger partial charge in [0.15, 0.2) is 0 Å². The molecule has 6 rings (SSSR count). The minimum Gasteiger partial charge on any atom is -0.460 e. The maximum atomic E-state index is 14.2. The molecule has 0 bridgehead atoms. The van der Waals surface area contributed by atoms with Gasteiger partial charge >= 0.3 is 5.97 Å². The Morgan fingerprint density at radius 1 is 0.900 bits per heavy atom. The molecule has 1 aromatic carbocycles. The second kappa shape index (κ2) is 9.45. The predicted octanol–water partition coefficient (Wildman–Crippen LogP) is 8.75. The van der Waals surface area contributed by atoms with Gasteiger partial charge in [0.05, 0.1) is 11.5 Å². The molecule has 0 amide bonds. The van der Waals surface area contributed by atoms with Gasteiger partial charge in [-0.15, -0.1) is 0 Å². The van der Waals surface area contributed by atoms with Gasteiger partial charge in [-0.1, -0.05) is 90.4 Å². The van der Waals surface area contributed by atoms with Crippen LogP contribution in [0, 0.1) is 56.7 Å². The first-order valence-electron chi connectivity index (χ1n) is 16.4. The van der Waals surface area contributed by atoms with Gasteiger partial charge in [0.1, 0.15) is 6.61 Å². The fourth-order valence-electron chi connectivity index (χ4n) is 11.7. The molecule has 40 heavy (non-hydrogen) atoms. The molecule has 0 spiro atoms. The molecule has 5 aliphatic rings. The summed E-state index contributed by atoms with van der Waals surface area (Å²) in [5.41, 5.74) is 2.80. The van der Waals surface area contributed by atoms with Crippen molar-refractivity contribution in [2.45, 2.75) is 119 Å². The Kier molecular flexibility index (Phi) is 6.73. The first kappa shape index (κ1) is 28.5. The number of benzene rings is 1. The van der Waals surface area contributed by atoms with Gasteiger partial charge in [0, 0.05) is 0 Å². The van der Waals surface area contributed by atoms with Crippen molar-refractivity contribution in [3.8, 4) is 0 Å². The van der Waals surface area contributed by atoms with E-state index in [1.807, 2.05) is 18.2 Å². The van der Waals surface area contributed by atoms with Crippen LogP contribution in [0.2, 0.25) is 0 Å². The van der Waals surface area contributed by atoms with Gasteiger partial charge in [0.2, 0.25) is 0 Å². The molecule has 5 aliphatic carbocycles. The summed E-state index contributed by atoms with van der Waals surface area (Å²) in [5.74, 6) is 2.58. The second-order valence-corrected chi connectivity index (χ2v) is 16.2. The van der Waals surface area contributed by atoms with Crippen molar-refractivity contribution in [3.63, 3.8) is 0 Å². The second-order valence-electron chi connectivity index (χ2n) is 16.2. The number of esters is 1. The van der Waals surface area contributed by atoms with Crippen LogP contribution >= 0.6 is 0 Å². The highest BCUT2D eigenvalue weighted by Gasteiger charge is 2.69. The lowest BCUT2D eigenvalue weighted by Crippen LogP contribution is -2.65. The van der Waals surface area contributed by atoms with Crippen LogP contribution < -0.4 is 0 Å². The number of hydrogen-bond acceptors (Lipinski definition) is 3. The monoisotopic (exact) mass is 546 g/mol. The first-order valence-corrected chi connectivity index (χ1v) is 16.4. The Labute approximate surface area is 243 Å². The van der Waals surface area contributed by atoms with Gasteiger partial charge in [-0.05, 0) is 115 Å². The van der Waals surface area contributed by atoms with E-state index in [9.17, 15) is 9.90 Å². The fourth-order valence-corrected chi connectivity index (χ4v) is 11.7. The van der Waals surface area contributed by atoms with Crippen molar-refractivity contribution in [2.75, 3.05) is 0 Å². The number of carbonyl (C=O) groups excluding carboxylic acids is 1. The number of fused-ring (bicyclic) bond motifs is 7. The Balaban J connectivity index is 1.37. The van der Waals surface area contributed by atoms with Crippen molar-refractivity contribution in [1.82, 2.24) is 0 Å². The van der Waals surface area contributed by atoms with Crippen LogP contribution in [0.15, 0.2) is 42.0 Å². The molecular weight excluding hydrogens is 492 g/mol. The molecular formula is C37H54O3. The van der Waals surface area contributed by atoms with Crippen LogP contribution in [-0.2, 0) is 16.1 Å². The van der Waals surface area contributed by atoms with E-state index in [1.165, 1.54) is 12.8 Å². The van der Waals surface area contributed by atoms with Crippen LogP contribution in [0.25, 0.3) is 0 Å². The quantitative estimate of drug-likeness (QED) is 0.304. The number of rotatable bonds is 3. The standard InChI is InChI=1S/C37H54O3/c1-24-15-20-37(32(39)40-23-26-11-9-8-10-12-26)22-21-35(6)27(31(37)25(24)2)13-14-29-34(5)18-17-30(38)33(3,4)28(34)16-19-36(29,35)7/h8-13,24-25,28-31,38H,14-23H2,1-7H3/t24-,25+,28+,29-,30-,31+,34+,35-,36-,37+/m1/s1. The summed E-state index contributed by atoms with van der Waals surface area (Å²) in [6.07, 6.45) is 12.2. The summed E-state index contributed by atoms with van der Waals surface area (Å²) in [7, 11) is 0. The zero-order valence-electron chi connectivity index (χ0n) is 26.3. The third-order valence-electron chi connectivity index (χ3n) is 14.6. The van der Waals surface area contributed by atoms with E-state index < -0.39 is 5.41 Å². The molecule has 0 unspecified atom stereocenters. The maximum Gasteiger partial charge on any atom is 0.313 e. The van der Waals surface area contributed by atoms with Crippen LogP contribution in [0.3, 0.4) is 0 Å². The molecule has 4 fully saturated rings. The molecule has 1 N–H and O–H groups in total. The van der Waals surface area contributed by atoms with E-state index in [2.05, 4.69) is 66.7 Å². The van der Waals surface area contributed by atoms with Gasteiger partial charge in [-0.25, -0.2) is 0 Å². The largest absolute Gasteiger partial charge is 0.460 e. The molecule has 3 nitrogen and oxygen atoms in total. The van der Waals surface area contributed by atoms with Gasteiger partial charge in [0.25, 0.3) is 0 Å². The van der Waals surface area contributed by atoms with E-state index in [1.54, 1.807) is 5.57 Å². The smallest absolute Gasteiger partial charge is 0.313 e.